The third kappa shape index (κ3) is 7.19. The van der Waals surface area contributed by atoms with Gasteiger partial charge in [0.1, 0.15) is 11.5 Å². The van der Waals surface area contributed by atoms with Crippen LogP contribution < -0.4 is 20.2 Å². The van der Waals surface area contributed by atoms with Gasteiger partial charge in [0, 0.05) is 10.7 Å². The maximum absolute atomic E-state index is 12.1. The van der Waals surface area contributed by atoms with Crippen molar-refractivity contribution in [3.05, 3.63) is 88.9 Å². The third-order valence-corrected chi connectivity index (χ3v) is 4.40. The number of hydrazone groups is 1. The molecule has 0 fully saturated rings. The van der Waals surface area contributed by atoms with Crippen LogP contribution in [0.4, 0.5) is 5.69 Å². The van der Waals surface area contributed by atoms with E-state index in [-0.39, 0.29) is 0 Å². The predicted molar refractivity (Wildman–Crippen MR) is 125 cm³/mol. The highest BCUT2D eigenvalue weighted by atomic mass is 35.5. The number of nitrogens with zero attached hydrogens (tertiary/aromatic N) is 1. The van der Waals surface area contributed by atoms with Gasteiger partial charge >= 0.3 is 17.8 Å². The fraction of sp³-hybridized carbons (Fsp3) is 0.0833. The topological polar surface area (TPSA) is 106 Å². The number of anilines is 1. The van der Waals surface area contributed by atoms with Crippen molar-refractivity contribution in [2.45, 2.75) is 6.92 Å². The van der Waals surface area contributed by atoms with E-state index in [1.807, 2.05) is 6.92 Å². The van der Waals surface area contributed by atoms with Gasteiger partial charge in [-0.2, -0.15) is 5.10 Å². The molecule has 0 aliphatic carbocycles. The lowest BCUT2D eigenvalue weighted by molar-refractivity contribution is -0.136. The summed E-state index contributed by atoms with van der Waals surface area (Å²) in [5.74, 6) is -1.33. The number of carbonyl (C=O) groups excluding carboxylic acids is 3. The molecule has 9 heteroatoms. The summed E-state index contributed by atoms with van der Waals surface area (Å²) < 4.78 is 10.6. The minimum atomic E-state index is -0.924. The third-order valence-electron chi connectivity index (χ3n) is 4.16. The standard InChI is InChI=1S/C24H20ClN3O5/c1-2-32-20-12-8-19(9-13-20)27-22(29)23(30)28-26-15-16-6-10-21(11-7-16)33-24(31)17-4-3-5-18(25)14-17/h3-15H,2H2,1H3,(H,27,29)(H,28,30)/b26-15+. The summed E-state index contributed by atoms with van der Waals surface area (Å²) in [6, 6.07) is 19.5. The lowest BCUT2D eigenvalue weighted by Gasteiger charge is -2.06. The molecule has 0 saturated heterocycles. The van der Waals surface area contributed by atoms with Gasteiger partial charge in [0.05, 0.1) is 18.4 Å². The lowest BCUT2D eigenvalue weighted by atomic mass is 10.2. The number of hydrogen-bond acceptors (Lipinski definition) is 6. The van der Waals surface area contributed by atoms with Crippen LogP contribution in [0.25, 0.3) is 0 Å². The first-order chi connectivity index (χ1) is 15.9. The summed E-state index contributed by atoms with van der Waals surface area (Å²) in [5.41, 5.74) is 3.55. The monoisotopic (exact) mass is 465 g/mol. The molecule has 0 atom stereocenters. The minimum absolute atomic E-state index is 0.330. The van der Waals surface area contributed by atoms with E-state index in [4.69, 9.17) is 21.1 Å². The summed E-state index contributed by atoms with van der Waals surface area (Å²) in [6.45, 7) is 2.40. The zero-order valence-corrected chi connectivity index (χ0v) is 18.3. The van der Waals surface area contributed by atoms with Crippen LogP contribution >= 0.6 is 11.6 Å². The van der Waals surface area contributed by atoms with Crippen LogP contribution in [0.1, 0.15) is 22.8 Å². The van der Waals surface area contributed by atoms with Gasteiger partial charge in [-0.3, -0.25) is 9.59 Å². The zero-order chi connectivity index (χ0) is 23.6. The van der Waals surface area contributed by atoms with Crippen molar-refractivity contribution in [1.82, 2.24) is 5.43 Å². The predicted octanol–water partition coefficient (Wildman–Crippen LogP) is 4.05. The van der Waals surface area contributed by atoms with E-state index in [0.717, 1.165) is 0 Å². The van der Waals surface area contributed by atoms with Crippen molar-refractivity contribution >= 4 is 41.3 Å². The Morgan fingerprint density at radius 3 is 2.30 bits per heavy atom. The fourth-order valence-corrected chi connectivity index (χ4v) is 2.80. The van der Waals surface area contributed by atoms with E-state index in [1.54, 1.807) is 66.7 Å². The second-order valence-electron chi connectivity index (χ2n) is 6.58. The van der Waals surface area contributed by atoms with E-state index < -0.39 is 17.8 Å². The first-order valence-corrected chi connectivity index (χ1v) is 10.3. The Hall–Kier alpha value is -4.17. The number of hydrogen-bond donors (Lipinski definition) is 2. The highest BCUT2D eigenvalue weighted by Crippen LogP contribution is 2.17. The van der Waals surface area contributed by atoms with Gasteiger partial charge in [-0.05, 0) is 79.2 Å². The van der Waals surface area contributed by atoms with Crippen LogP contribution in [0.5, 0.6) is 11.5 Å². The van der Waals surface area contributed by atoms with Gasteiger partial charge in [-0.1, -0.05) is 17.7 Å². The molecular formula is C24H20ClN3O5. The summed E-state index contributed by atoms with van der Waals surface area (Å²) in [5, 5.41) is 6.66. The Balaban J connectivity index is 1.48. The van der Waals surface area contributed by atoms with Gasteiger partial charge in [0.15, 0.2) is 0 Å². The summed E-state index contributed by atoms with van der Waals surface area (Å²) in [7, 11) is 0. The minimum Gasteiger partial charge on any atom is -0.494 e. The molecule has 0 aliphatic heterocycles. The number of carbonyl (C=O) groups is 3. The van der Waals surface area contributed by atoms with Crippen molar-refractivity contribution in [3.8, 4) is 11.5 Å². The van der Waals surface area contributed by atoms with Crippen LogP contribution in [0, 0.1) is 0 Å². The number of rotatable bonds is 7. The zero-order valence-electron chi connectivity index (χ0n) is 17.6. The van der Waals surface area contributed by atoms with Crippen LogP contribution in [0.3, 0.4) is 0 Å². The molecule has 168 valence electrons. The molecule has 0 spiro atoms. The van der Waals surface area contributed by atoms with Crippen LogP contribution in [-0.4, -0.2) is 30.6 Å². The van der Waals surface area contributed by atoms with Gasteiger partial charge in [-0.15, -0.1) is 0 Å². The number of esters is 1. The van der Waals surface area contributed by atoms with Crippen LogP contribution in [-0.2, 0) is 9.59 Å². The number of benzene rings is 3. The Morgan fingerprint density at radius 2 is 1.64 bits per heavy atom. The molecule has 0 aliphatic rings. The Bertz CT molecular complexity index is 1160. The molecule has 0 unspecified atom stereocenters. The molecule has 0 radical (unpaired) electrons. The van der Waals surface area contributed by atoms with Crippen LogP contribution in [0.2, 0.25) is 5.02 Å². The van der Waals surface area contributed by atoms with Gasteiger partial charge < -0.3 is 14.8 Å². The quantitative estimate of drug-likeness (QED) is 0.180. The highest BCUT2D eigenvalue weighted by Gasteiger charge is 2.13. The number of ether oxygens (including phenoxy) is 2. The molecule has 0 heterocycles. The molecule has 0 bridgehead atoms. The van der Waals surface area contributed by atoms with Crippen molar-refractivity contribution in [2.75, 3.05) is 11.9 Å². The molecular weight excluding hydrogens is 446 g/mol. The Morgan fingerprint density at radius 1 is 0.939 bits per heavy atom. The Kier molecular flexibility index (Phi) is 8.15. The first kappa shape index (κ1) is 23.5. The smallest absolute Gasteiger partial charge is 0.343 e. The maximum Gasteiger partial charge on any atom is 0.343 e. The van der Waals surface area contributed by atoms with Crippen LogP contribution in [0.15, 0.2) is 77.9 Å². The molecule has 3 aromatic carbocycles. The number of halogens is 1. The molecule has 33 heavy (non-hydrogen) atoms. The molecule has 3 rings (SSSR count). The fourth-order valence-electron chi connectivity index (χ4n) is 2.61. The van der Waals surface area contributed by atoms with Gasteiger partial charge in [0.25, 0.3) is 0 Å². The number of amides is 2. The first-order valence-electron chi connectivity index (χ1n) is 9.89. The van der Waals surface area contributed by atoms with E-state index in [9.17, 15) is 14.4 Å². The molecule has 0 aromatic heterocycles. The van der Waals surface area contributed by atoms with E-state index in [1.165, 1.54) is 12.3 Å². The molecule has 3 aromatic rings. The van der Waals surface area contributed by atoms with E-state index >= 15 is 0 Å². The molecule has 8 nitrogen and oxygen atoms in total. The van der Waals surface area contributed by atoms with Crippen molar-refractivity contribution in [1.29, 1.82) is 0 Å². The Labute approximate surface area is 195 Å². The van der Waals surface area contributed by atoms with Crippen molar-refractivity contribution < 1.29 is 23.9 Å². The van der Waals surface area contributed by atoms with Gasteiger partial charge in [0.2, 0.25) is 0 Å². The largest absolute Gasteiger partial charge is 0.494 e. The molecule has 0 saturated carbocycles. The van der Waals surface area contributed by atoms with E-state index in [0.29, 0.717) is 39.9 Å². The van der Waals surface area contributed by atoms with Gasteiger partial charge in [-0.25, -0.2) is 10.2 Å². The second kappa shape index (κ2) is 11.4. The lowest BCUT2D eigenvalue weighted by Crippen LogP contribution is -2.32. The normalized spacial score (nSPS) is 10.5. The van der Waals surface area contributed by atoms with E-state index in [2.05, 4.69) is 15.8 Å². The molecule has 2 N–H and O–H groups in total. The summed E-state index contributed by atoms with van der Waals surface area (Å²) in [4.78, 5) is 36.0. The van der Waals surface area contributed by atoms with Crippen molar-refractivity contribution in [2.24, 2.45) is 5.10 Å². The molecule has 2 amide bonds. The average Bonchev–Trinajstić information content (AvgIpc) is 2.81. The SMILES string of the molecule is CCOc1ccc(NC(=O)C(=O)N/N=C/c2ccc(OC(=O)c3cccc(Cl)c3)cc2)cc1. The van der Waals surface area contributed by atoms with Crippen molar-refractivity contribution in [3.63, 3.8) is 0 Å². The second-order valence-corrected chi connectivity index (χ2v) is 7.02. The summed E-state index contributed by atoms with van der Waals surface area (Å²) >= 11 is 5.88. The maximum atomic E-state index is 12.1. The average molecular weight is 466 g/mol. The number of nitrogens with one attached hydrogen (secondary N) is 2. The summed E-state index contributed by atoms with van der Waals surface area (Å²) in [6.07, 6.45) is 1.35. The highest BCUT2D eigenvalue weighted by molar-refractivity contribution is 6.39.